The lowest BCUT2D eigenvalue weighted by Gasteiger charge is -2.54. The first-order valence-corrected chi connectivity index (χ1v) is 39.6. The lowest BCUT2D eigenvalue weighted by Crippen LogP contribution is -2.60. The molecule has 6 heterocycles. The lowest BCUT2D eigenvalue weighted by atomic mass is 9.51. The molecular weight excluding hydrogens is 1540 g/mol. The maximum Gasteiger partial charge on any atom is 0.408 e. The minimum atomic E-state index is -2.19. The Balaban J connectivity index is 0.988. The van der Waals surface area contributed by atoms with E-state index in [4.69, 9.17) is 57.4 Å². The van der Waals surface area contributed by atoms with Crippen LogP contribution < -0.4 is 51.3 Å². The van der Waals surface area contributed by atoms with E-state index < -0.39 is 204 Å². The minimum absolute atomic E-state index is 0.0436. The van der Waals surface area contributed by atoms with E-state index in [9.17, 15) is 55.2 Å². The molecule has 15 N–H and O–H groups in total. The number of carbonyl (C=O) groups is 9. The first-order chi connectivity index (χ1) is 54.8. The normalized spacial score (nSPS) is 28.1. The fraction of sp³-hybridized carbons (Fsp3) is 0.471. The molecule has 6 aromatic rings. The number of halogens is 2. The summed E-state index contributed by atoms with van der Waals surface area (Å²) in [7, 11) is 0. The number of nitrogens with two attached hydrogens (primary N) is 1. The van der Waals surface area contributed by atoms with Crippen LogP contribution in [0.5, 0.6) is 51.7 Å². The number of aryl methyl sites for hydroxylation is 3. The highest BCUT2D eigenvalue weighted by Gasteiger charge is 2.51. The Labute approximate surface area is 678 Å². The van der Waals surface area contributed by atoms with E-state index in [1.165, 1.54) is 42.5 Å². The average molecular weight is 1640 g/mol. The number of aliphatic hydroxyl groups is 5. The SMILES string of the molecule is Cc1cc(C)c(OCC2OC(Oc3c4cc5cc3Oc3ccc(cc3Cl)[C@@H](O)[C@@H](NC(=O)[C@@H](CC(C)C)NC(=O)OC(C)(C)C)C(=O)C[C@@H](CC(N)=O)C(=O)N[C@H]5C(=O)C[C@H]3C(=O)N[C@H](C(=O)N[C@H](C(=O)CC5C6CC7CC(C6)CC5C7)c5cc(O)cc(O)c5-c5cc3ccc5O)[C@H](O)c3ccc(c(Cl)c3)O4)C(O)C(O)C2O)c(C)c1. The number of alkyl carbamates (subject to hydrolysis) is 1. The van der Waals surface area contributed by atoms with Gasteiger partial charge in [0.05, 0.1) is 21.9 Å². The zero-order chi connectivity index (χ0) is 83.5. The first-order valence-electron chi connectivity index (χ1n) is 38.9. The number of rotatable bonds is 15. The fourth-order valence-electron chi connectivity index (χ4n) is 17.9. The predicted octanol–water partition coefficient (Wildman–Crippen LogP) is 9.11. The molecule has 0 aromatic heterocycles. The van der Waals surface area contributed by atoms with Gasteiger partial charge in [-0.2, -0.15) is 0 Å². The maximum atomic E-state index is 16.5. The summed E-state index contributed by atoms with van der Waals surface area (Å²) in [5.41, 5.74) is 5.63. The number of phenols is 3. The van der Waals surface area contributed by atoms with Crippen LogP contribution in [0, 0.1) is 62.2 Å². The fourth-order valence-corrected chi connectivity index (χ4v) is 18.4. The van der Waals surface area contributed by atoms with Crippen molar-refractivity contribution in [2.45, 2.75) is 204 Å². The summed E-state index contributed by atoms with van der Waals surface area (Å²) in [4.78, 5) is 136. The van der Waals surface area contributed by atoms with Gasteiger partial charge in [0.1, 0.15) is 114 Å². The molecule has 618 valence electrons. The summed E-state index contributed by atoms with van der Waals surface area (Å²) in [6, 6.07) is 9.39. The molecule has 10 aliphatic rings. The van der Waals surface area contributed by atoms with Gasteiger partial charge in [-0.1, -0.05) is 72.9 Å². The second kappa shape index (κ2) is 33.8. The Bertz CT molecular complexity index is 4840. The molecule has 6 aliphatic heterocycles. The van der Waals surface area contributed by atoms with Gasteiger partial charge in [0.2, 0.25) is 41.6 Å². The van der Waals surface area contributed by atoms with Gasteiger partial charge in [-0.05, 0) is 209 Å². The van der Waals surface area contributed by atoms with Gasteiger partial charge >= 0.3 is 6.09 Å². The second-order valence-electron chi connectivity index (χ2n) is 33.4. The minimum Gasteiger partial charge on any atom is -0.508 e. The summed E-state index contributed by atoms with van der Waals surface area (Å²) < 4.78 is 38.1. The van der Waals surface area contributed by atoms with Crippen LogP contribution in [-0.4, -0.2) is 155 Å². The number of hydrogen-bond donors (Lipinski definition) is 14. The molecule has 31 heteroatoms. The zero-order valence-electron chi connectivity index (χ0n) is 65.0. The highest BCUT2D eigenvalue weighted by atomic mass is 35.5. The molecule has 0 spiro atoms. The molecule has 5 unspecified atom stereocenters. The molecule has 14 atom stereocenters. The number of fused-ring (bicyclic) bond motifs is 15. The monoisotopic (exact) mass is 1640 g/mol. The van der Waals surface area contributed by atoms with Crippen molar-refractivity contribution in [1.82, 2.24) is 26.6 Å². The summed E-state index contributed by atoms with van der Waals surface area (Å²) in [6.45, 7) is 13.3. The van der Waals surface area contributed by atoms with E-state index in [2.05, 4.69) is 26.6 Å². The average Bonchev–Trinajstić information content (AvgIpc) is 0.758. The Hall–Kier alpha value is -10.1. The molecule has 1 saturated heterocycles. The topological polar surface area (TPSA) is 457 Å². The Morgan fingerprint density at radius 3 is 1.84 bits per heavy atom. The van der Waals surface area contributed by atoms with Gasteiger partial charge in [-0.3, -0.25) is 38.4 Å². The third-order valence-corrected chi connectivity index (χ3v) is 23.7. The van der Waals surface area contributed by atoms with E-state index in [1.54, 1.807) is 48.5 Å². The Morgan fingerprint density at radius 1 is 0.638 bits per heavy atom. The third-order valence-electron chi connectivity index (χ3n) is 23.1. The molecular formula is C85H96Cl2N6O23. The van der Waals surface area contributed by atoms with Crippen molar-refractivity contribution in [3.8, 4) is 62.9 Å². The number of amides is 6. The number of ketones is 3. The first kappa shape index (κ1) is 83.8. The van der Waals surface area contributed by atoms with Crippen molar-refractivity contribution in [3.05, 3.63) is 146 Å². The quantitative estimate of drug-likeness (QED) is 0.0455. The number of Topliss-reactive ketones (excluding diaryl/α,β-unsaturated/α-hetero) is 3. The number of benzene rings is 6. The van der Waals surface area contributed by atoms with E-state index in [0.717, 1.165) is 85.2 Å². The van der Waals surface area contributed by atoms with Gasteiger partial charge in [0.15, 0.2) is 28.8 Å². The van der Waals surface area contributed by atoms with Crippen LogP contribution in [0.25, 0.3) is 11.1 Å². The van der Waals surface area contributed by atoms with Crippen LogP contribution in [0.15, 0.2) is 91.0 Å². The number of phenolic OH excluding ortho intramolecular Hbond substituents is 3. The molecule has 4 saturated carbocycles. The molecule has 6 aromatic carbocycles. The number of nitrogens with one attached hydrogen (secondary N) is 5. The molecule has 4 aliphatic carbocycles. The lowest BCUT2D eigenvalue weighted by molar-refractivity contribution is -0.276. The maximum absolute atomic E-state index is 16.5. The number of aromatic hydroxyl groups is 3. The number of hydrogen-bond acceptors (Lipinski definition) is 23. The summed E-state index contributed by atoms with van der Waals surface area (Å²) >= 11 is 14.4. The third kappa shape index (κ3) is 18.0. The molecule has 5 fully saturated rings. The van der Waals surface area contributed by atoms with Crippen LogP contribution in [0.1, 0.15) is 174 Å². The van der Waals surface area contributed by atoms with Gasteiger partial charge in [-0.25, -0.2) is 4.79 Å². The molecule has 15 bridgehead atoms. The van der Waals surface area contributed by atoms with Crippen molar-refractivity contribution in [2.75, 3.05) is 6.61 Å². The van der Waals surface area contributed by atoms with E-state index in [-0.39, 0.29) is 97.0 Å². The van der Waals surface area contributed by atoms with Crippen molar-refractivity contribution in [1.29, 1.82) is 0 Å². The zero-order valence-corrected chi connectivity index (χ0v) is 66.5. The molecule has 6 amide bonds. The largest absolute Gasteiger partial charge is 0.508 e. The van der Waals surface area contributed by atoms with Crippen LogP contribution in [0.4, 0.5) is 4.79 Å². The number of primary amides is 1. The molecule has 16 rings (SSSR count). The van der Waals surface area contributed by atoms with Crippen LogP contribution in [0.3, 0.4) is 0 Å². The number of ether oxygens (including phenoxy) is 6. The number of carbonyl (C=O) groups excluding carboxylic acids is 9. The molecule has 29 nitrogen and oxygen atoms in total. The Kier molecular flexibility index (Phi) is 24.5. The Morgan fingerprint density at radius 2 is 1.25 bits per heavy atom. The van der Waals surface area contributed by atoms with Crippen molar-refractivity contribution >= 4 is 76.2 Å². The second-order valence-corrected chi connectivity index (χ2v) is 34.2. The summed E-state index contributed by atoms with van der Waals surface area (Å²) in [5, 5.41) is 109. The highest BCUT2D eigenvalue weighted by molar-refractivity contribution is 6.32. The van der Waals surface area contributed by atoms with Gasteiger partial charge in [0, 0.05) is 42.9 Å². The smallest absolute Gasteiger partial charge is 0.408 e. The standard InChI is InChI=1S/C85H96Cl2N6O23/c1-35(2)15-55(89-84(110)116-85(6,7)8)81(108)92-70-58(97)26-47(29-66(88)100)79(106)90-68-46-27-63(112-61-13-10-42(72(70)101)24-53(61)86)78(115-83-76(105)75(104)74(103)65(114-83)34-111-77-37(4)16-36(3)17-38(77)5)64(28-46)113-62-14-11-43(25-54(62)87)73(102)71-82(109)91-69(60(99)32-49-44-19-39-18-40(21-44)22-45(49)20-39)52-30-48(94)31-57(96)67(52)51-23-41(9-12-56(51)95)50(33-59(68)98)80(107)93-71/h9-14,16-17,23-25,27-28,30-31,35,39-40,44-45,47,49-50,55,65,68-76,83,94-96,101-105H,15,18-22,26,29,32-34H2,1-8H3,(H2,88,100)(H,89,110)(H,90,106)(H,91,109)(H,92,108)(H,93,107)/t39?,40?,44?,45?,47-,49?,50+,55+,65?,68+,69-,70-,71-,72+,73+,74?,75?,76?,83?/m0/s1. The molecule has 116 heavy (non-hydrogen) atoms. The van der Waals surface area contributed by atoms with Crippen molar-refractivity contribution in [2.24, 2.45) is 47.2 Å². The summed E-state index contributed by atoms with van der Waals surface area (Å²) in [5.74, 6) is -15.2. The van der Waals surface area contributed by atoms with E-state index >= 15 is 28.8 Å². The number of aliphatic hydroxyl groups excluding tert-OH is 5. The highest BCUT2D eigenvalue weighted by Crippen LogP contribution is 2.58. The predicted molar refractivity (Wildman–Crippen MR) is 417 cm³/mol. The van der Waals surface area contributed by atoms with Crippen molar-refractivity contribution < 1.29 is 112 Å². The van der Waals surface area contributed by atoms with E-state index in [1.807, 2.05) is 19.1 Å². The van der Waals surface area contributed by atoms with Crippen LogP contribution >= 0.6 is 23.2 Å². The van der Waals surface area contributed by atoms with Crippen LogP contribution in [-0.2, 0) is 47.8 Å². The van der Waals surface area contributed by atoms with Crippen molar-refractivity contribution in [3.63, 3.8) is 0 Å². The summed E-state index contributed by atoms with van der Waals surface area (Å²) in [6.07, 6.45) is -13.2. The van der Waals surface area contributed by atoms with Gasteiger partial charge in [0.25, 0.3) is 0 Å². The van der Waals surface area contributed by atoms with Gasteiger partial charge in [-0.15, -0.1) is 0 Å². The van der Waals surface area contributed by atoms with E-state index in [0.29, 0.717) is 17.6 Å². The van der Waals surface area contributed by atoms with Crippen LogP contribution in [0.2, 0.25) is 10.0 Å². The van der Waals surface area contributed by atoms with Gasteiger partial charge < -0.3 is 102 Å². The molecule has 0 radical (unpaired) electrons.